The van der Waals surface area contributed by atoms with Gasteiger partial charge in [0.15, 0.2) is 0 Å². The monoisotopic (exact) mass is 261 g/mol. The first-order valence-electron chi connectivity index (χ1n) is 7.74. The van der Waals surface area contributed by atoms with Crippen molar-refractivity contribution in [3.63, 3.8) is 0 Å². The second-order valence-corrected chi connectivity index (χ2v) is 5.48. The van der Waals surface area contributed by atoms with Crippen molar-refractivity contribution in [3.05, 3.63) is 24.0 Å². The van der Waals surface area contributed by atoms with Crippen molar-refractivity contribution in [2.24, 2.45) is 5.92 Å². The lowest BCUT2D eigenvalue weighted by atomic mass is 9.98. The van der Waals surface area contributed by atoms with Crippen LogP contribution in [0.3, 0.4) is 0 Å². The third-order valence-corrected chi connectivity index (χ3v) is 4.15. The van der Waals surface area contributed by atoms with Crippen LogP contribution in [0.5, 0.6) is 0 Å². The summed E-state index contributed by atoms with van der Waals surface area (Å²) >= 11 is 0. The lowest BCUT2D eigenvalue weighted by Gasteiger charge is -2.23. The molecule has 19 heavy (non-hydrogen) atoms. The Kier molecular flexibility index (Phi) is 5.64. The second kappa shape index (κ2) is 7.49. The van der Waals surface area contributed by atoms with E-state index in [4.69, 9.17) is 0 Å². The number of aromatic nitrogens is 1. The standard InChI is InChI=1S/C16H27N3/c1-3-14-6-5-10-19(11-8-14)16-7-9-18-15(12-16)13-17-4-2/h7,9,12,14,17H,3-6,8,10-11,13H2,1-2H3. The van der Waals surface area contributed by atoms with E-state index in [1.807, 2.05) is 6.20 Å². The van der Waals surface area contributed by atoms with Gasteiger partial charge in [0.25, 0.3) is 0 Å². The smallest absolute Gasteiger partial charge is 0.0562 e. The number of rotatable bonds is 5. The van der Waals surface area contributed by atoms with E-state index in [2.05, 4.69) is 41.2 Å². The Morgan fingerprint density at radius 2 is 2.21 bits per heavy atom. The van der Waals surface area contributed by atoms with Crippen molar-refractivity contribution in [1.29, 1.82) is 0 Å². The normalized spacial score (nSPS) is 20.3. The lowest BCUT2D eigenvalue weighted by molar-refractivity contribution is 0.459. The summed E-state index contributed by atoms with van der Waals surface area (Å²) in [6, 6.07) is 4.40. The van der Waals surface area contributed by atoms with Gasteiger partial charge in [-0.25, -0.2) is 0 Å². The summed E-state index contributed by atoms with van der Waals surface area (Å²) < 4.78 is 0. The highest BCUT2D eigenvalue weighted by atomic mass is 15.1. The van der Waals surface area contributed by atoms with Crippen molar-refractivity contribution < 1.29 is 0 Å². The third-order valence-electron chi connectivity index (χ3n) is 4.15. The van der Waals surface area contributed by atoms with E-state index in [-0.39, 0.29) is 0 Å². The molecule has 2 heterocycles. The Morgan fingerprint density at radius 3 is 3.00 bits per heavy atom. The molecule has 1 aliphatic heterocycles. The minimum atomic E-state index is 0.871. The maximum atomic E-state index is 4.44. The maximum absolute atomic E-state index is 4.44. The van der Waals surface area contributed by atoms with Gasteiger partial charge >= 0.3 is 0 Å². The van der Waals surface area contributed by atoms with E-state index in [9.17, 15) is 0 Å². The van der Waals surface area contributed by atoms with Crippen LogP contribution in [0.15, 0.2) is 18.3 Å². The van der Waals surface area contributed by atoms with Gasteiger partial charge in [0.05, 0.1) is 5.69 Å². The SMILES string of the molecule is CCNCc1cc(N2CCCC(CC)CC2)ccn1. The van der Waals surface area contributed by atoms with Crippen LogP contribution in [0.2, 0.25) is 0 Å². The number of anilines is 1. The van der Waals surface area contributed by atoms with Crippen LogP contribution >= 0.6 is 0 Å². The van der Waals surface area contributed by atoms with Crippen LogP contribution < -0.4 is 10.2 Å². The minimum Gasteiger partial charge on any atom is -0.371 e. The van der Waals surface area contributed by atoms with Gasteiger partial charge in [0.1, 0.15) is 0 Å². The zero-order valence-corrected chi connectivity index (χ0v) is 12.4. The van der Waals surface area contributed by atoms with E-state index < -0.39 is 0 Å². The van der Waals surface area contributed by atoms with Gasteiger partial charge in [-0.1, -0.05) is 20.3 Å². The zero-order chi connectivity index (χ0) is 13.5. The van der Waals surface area contributed by atoms with E-state index >= 15 is 0 Å². The molecule has 0 aromatic carbocycles. The number of nitrogens with one attached hydrogen (secondary N) is 1. The van der Waals surface area contributed by atoms with Gasteiger partial charge in [-0.2, -0.15) is 0 Å². The molecule has 106 valence electrons. The molecule has 1 N–H and O–H groups in total. The van der Waals surface area contributed by atoms with Gasteiger partial charge < -0.3 is 10.2 Å². The molecule has 1 aliphatic rings. The summed E-state index contributed by atoms with van der Waals surface area (Å²) in [4.78, 5) is 6.97. The molecule has 1 atom stereocenters. The molecule has 2 rings (SSSR count). The van der Waals surface area contributed by atoms with Crippen LogP contribution in [-0.4, -0.2) is 24.6 Å². The molecule has 1 aromatic rings. The number of hydrogen-bond donors (Lipinski definition) is 1. The fourth-order valence-corrected chi connectivity index (χ4v) is 2.84. The van der Waals surface area contributed by atoms with Crippen molar-refractivity contribution in [3.8, 4) is 0 Å². The molecule has 1 fully saturated rings. The molecule has 1 saturated heterocycles. The molecule has 1 unspecified atom stereocenters. The molecule has 0 radical (unpaired) electrons. The molecule has 0 bridgehead atoms. The highest BCUT2D eigenvalue weighted by molar-refractivity contribution is 5.46. The summed E-state index contributed by atoms with van der Waals surface area (Å²) in [5.41, 5.74) is 2.50. The first-order valence-corrected chi connectivity index (χ1v) is 7.74. The zero-order valence-electron chi connectivity index (χ0n) is 12.4. The Hall–Kier alpha value is -1.09. The molecular weight excluding hydrogens is 234 g/mol. The van der Waals surface area contributed by atoms with Crippen molar-refractivity contribution >= 4 is 5.69 Å². The second-order valence-electron chi connectivity index (χ2n) is 5.48. The third kappa shape index (κ3) is 4.20. The number of hydrogen-bond acceptors (Lipinski definition) is 3. The fourth-order valence-electron chi connectivity index (χ4n) is 2.84. The van der Waals surface area contributed by atoms with E-state index in [0.717, 1.165) is 24.7 Å². The quantitative estimate of drug-likeness (QED) is 0.882. The fraction of sp³-hybridized carbons (Fsp3) is 0.688. The maximum Gasteiger partial charge on any atom is 0.0562 e. The van der Waals surface area contributed by atoms with Gasteiger partial charge in [-0.05, 0) is 43.9 Å². The lowest BCUT2D eigenvalue weighted by Crippen LogP contribution is -2.24. The Labute approximate surface area is 117 Å². The largest absolute Gasteiger partial charge is 0.371 e. The van der Waals surface area contributed by atoms with Crippen LogP contribution in [0.25, 0.3) is 0 Å². The first kappa shape index (κ1) is 14.3. The van der Waals surface area contributed by atoms with Gasteiger partial charge in [0, 0.05) is 31.5 Å². The van der Waals surface area contributed by atoms with E-state index in [1.54, 1.807) is 0 Å². The molecular formula is C16H27N3. The average molecular weight is 261 g/mol. The molecule has 0 spiro atoms. The van der Waals surface area contributed by atoms with Crippen molar-refractivity contribution in [2.45, 2.75) is 46.1 Å². The van der Waals surface area contributed by atoms with E-state index in [1.165, 1.54) is 44.5 Å². The average Bonchev–Trinajstić information content (AvgIpc) is 2.71. The van der Waals surface area contributed by atoms with Crippen LogP contribution in [0.4, 0.5) is 5.69 Å². The molecule has 3 heteroatoms. The summed E-state index contributed by atoms with van der Waals surface area (Å²) in [7, 11) is 0. The molecule has 1 aromatic heterocycles. The Bertz CT molecular complexity index is 378. The molecule has 0 saturated carbocycles. The first-order chi connectivity index (χ1) is 9.33. The van der Waals surface area contributed by atoms with Gasteiger partial charge in [0.2, 0.25) is 0 Å². The van der Waals surface area contributed by atoms with Gasteiger partial charge in [-0.3, -0.25) is 4.98 Å². The highest BCUT2D eigenvalue weighted by Gasteiger charge is 2.16. The van der Waals surface area contributed by atoms with Crippen molar-refractivity contribution in [1.82, 2.24) is 10.3 Å². The van der Waals surface area contributed by atoms with Crippen molar-refractivity contribution in [2.75, 3.05) is 24.5 Å². The van der Waals surface area contributed by atoms with Crippen LogP contribution in [0, 0.1) is 5.92 Å². The summed E-state index contributed by atoms with van der Waals surface area (Å²) in [6.45, 7) is 8.71. The Morgan fingerprint density at radius 1 is 1.32 bits per heavy atom. The Balaban J connectivity index is 2.00. The summed E-state index contributed by atoms with van der Waals surface area (Å²) in [6.07, 6.45) is 7.33. The minimum absolute atomic E-state index is 0.871. The summed E-state index contributed by atoms with van der Waals surface area (Å²) in [5, 5.41) is 3.34. The predicted octanol–water partition coefficient (Wildman–Crippen LogP) is 3.21. The van der Waals surface area contributed by atoms with Crippen LogP contribution in [0.1, 0.15) is 45.2 Å². The molecule has 0 aliphatic carbocycles. The van der Waals surface area contributed by atoms with Crippen LogP contribution in [-0.2, 0) is 6.54 Å². The molecule has 3 nitrogen and oxygen atoms in total. The molecule has 0 amide bonds. The number of nitrogens with zero attached hydrogens (tertiary/aromatic N) is 2. The highest BCUT2D eigenvalue weighted by Crippen LogP contribution is 2.24. The van der Waals surface area contributed by atoms with Gasteiger partial charge in [-0.15, -0.1) is 0 Å². The predicted molar refractivity (Wildman–Crippen MR) is 81.5 cm³/mol. The van der Waals surface area contributed by atoms with E-state index in [0.29, 0.717) is 0 Å². The number of pyridine rings is 1. The topological polar surface area (TPSA) is 28.2 Å². The summed E-state index contributed by atoms with van der Waals surface area (Å²) in [5.74, 6) is 0.924.